The molecule has 1 heterocycles. The van der Waals surface area contributed by atoms with Crippen LogP contribution in [0, 0.1) is 0 Å². The van der Waals surface area contributed by atoms with E-state index >= 15 is 0 Å². The first-order valence-electron chi connectivity index (χ1n) is 2.39. The zero-order valence-electron chi connectivity index (χ0n) is 6.67. The number of carbonyl (C=O) groups excluding carboxylic acids is 1. The third kappa shape index (κ3) is 15.4. The van der Waals surface area contributed by atoms with Gasteiger partial charge in [-0.3, -0.25) is 4.79 Å². The van der Waals surface area contributed by atoms with Crippen molar-refractivity contribution in [1.82, 2.24) is 4.90 Å². The van der Waals surface area contributed by atoms with Crippen LogP contribution in [0.1, 0.15) is 0 Å². The molecule has 0 bridgehead atoms. The molecule has 0 radical (unpaired) electrons. The third-order valence-electron chi connectivity index (χ3n) is 0.411. The third-order valence-corrected chi connectivity index (χ3v) is 16.4. The van der Waals surface area contributed by atoms with Gasteiger partial charge in [-0.15, -0.1) is 0 Å². The molecule has 0 saturated carbocycles. The first kappa shape index (κ1) is 16.1. The van der Waals surface area contributed by atoms with Crippen LogP contribution >= 0.6 is 37.7 Å². The molecular formula is C3H7KNOP5. The van der Waals surface area contributed by atoms with Gasteiger partial charge >= 0.3 is 51.4 Å². The quantitative estimate of drug-likeness (QED) is 0.549. The van der Waals surface area contributed by atoms with E-state index in [0.717, 1.165) is 6.41 Å². The zero-order valence-corrected chi connectivity index (χ0v) is 14.3. The van der Waals surface area contributed by atoms with Gasteiger partial charge in [0.1, 0.15) is 0 Å². The largest absolute Gasteiger partial charge is 1.00 e. The molecular weight excluding hydrogens is 260 g/mol. The van der Waals surface area contributed by atoms with Crippen LogP contribution in [0.4, 0.5) is 0 Å². The fourth-order valence-corrected chi connectivity index (χ4v) is 21.7. The molecule has 0 aliphatic carbocycles. The van der Waals surface area contributed by atoms with Gasteiger partial charge in [0.2, 0.25) is 6.41 Å². The van der Waals surface area contributed by atoms with E-state index in [0.29, 0.717) is 0 Å². The number of carbonyl (C=O) groups is 1. The van der Waals surface area contributed by atoms with Crippen molar-refractivity contribution in [3.8, 4) is 0 Å². The van der Waals surface area contributed by atoms with Gasteiger partial charge in [-0.25, -0.2) is 15.1 Å². The average Bonchev–Trinajstić information content (AvgIpc) is 2.43. The van der Waals surface area contributed by atoms with Crippen LogP contribution in [0.2, 0.25) is 0 Å². The summed E-state index contributed by atoms with van der Waals surface area (Å²) in [6.07, 6.45) is 0.750. The Morgan fingerprint density at radius 3 is 1.73 bits per heavy atom. The summed E-state index contributed by atoms with van der Waals surface area (Å²) in [4.78, 5) is 10.9. The summed E-state index contributed by atoms with van der Waals surface area (Å²) in [5.74, 6) is 0. The second-order valence-electron chi connectivity index (χ2n) is 1.52. The number of hydrogen-bond donors (Lipinski definition) is 0. The maximum absolute atomic E-state index is 9.43. The van der Waals surface area contributed by atoms with E-state index in [4.69, 9.17) is 0 Å². The standard InChI is InChI=1S/C3H7NO.K.P5/c1-4(2)3-5;;1-2-4-5-3-1/h3H,1-2H3;;/q;+1;-1. The summed E-state index contributed by atoms with van der Waals surface area (Å²) >= 11 is 0. The summed E-state index contributed by atoms with van der Waals surface area (Å²) in [6, 6.07) is 0. The van der Waals surface area contributed by atoms with E-state index < -0.39 is 0 Å². The summed E-state index contributed by atoms with van der Waals surface area (Å²) in [6.45, 7) is 0. The minimum Gasteiger partial charge on any atom is -0.351 e. The summed E-state index contributed by atoms with van der Waals surface area (Å²) in [5.41, 5.74) is 0. The molecule has 1 aromatic rings. The Morgan fingerprint density at radius 2 is 1.64 bits per heavy atom. The molecule has 0 aromatic carbocycles. The number of rotatable bonds is 1. The molecule has 56 valence electrons. The van der Waals surface area contributed by atoms with E-state index in [9.17, 15) is 4.79 Å². The maximum atomic E-state index is 9.43. The van der Waals surface area contributed by atoms with Crippen molar-refractivity contribution in [2.45, 2.75) is 0 Å². The average molecular weight is 267 g/mol. The molecule has 0 spiro atoms. The first-order chi connectivity index (χ1) is 4.77. The molecule has 1 aromatic heterocycles. The van der Waals surface area contributed by atoms with Crippen molar-refractivity contribution < 1.29 is 56.2 Å². The number of amides is 1. The smallest absolute Gasteiger partial charge is 0.351 e. The summed E-state index contributed by atoms with van der Waals surface area (Å²) in [7, 11) is 11.4. The molecule has 0 saturated heterocycles. The Morgan fingerprint density at radius 1 is 1.27 bits per heavy atom. The van der Waals surface area contributed by atoms with E-state index in [2.05, 4.69) is 0 Å². The minimum atomic E-state index is 0. The Bertz CT molecular complexity index is 140. The SMILES string of the molecule is CN(C)C=O.[K+].p1pp[p-]p1. The second kappa shape index (κ2) is 12.6. The fraction of sp³-hybridized carbons (Fsp3) is 0.667. The topological polar surface area (TPSA) is 20.3 Å². The predicted octanol–water partition coefficient (Wildman–Crippen LogP) is 1.01. The molecule has 11 heavy (non-hydrogen) atoms. The van der Waals surface area contributed by atoms with Crippen LogP contribution in [0.5, 0.6) is 0 Å². The number of nitrogens with zero attached hydrogens (tertiary/aromatic N) is 1. The van der Waals surface area contributed by atoms with Crippen molar-refractivity contribution in [2.24, 2.45) is 0 Å². The predicted molar refractivity (Wildman–Crippen MR) is 54.4 cm³/mol. The summed E-state index contributed by atoms with van der Waals surface area (Å²) < 4.78 is 0. The molecule has 0 unspecified atom stereocenters. The van der Waals surface area contributed by atoms with Crippen LogP contribution in [0.15, 0.2) is 0 Å². The van der Waals surface area contributed by atoms with Gasteiger partial charge in [0, 0.05) is 14.1 Å². The van der Waals surface area contributed by atoms with E-state index in [1.807, 2.05) is 0 Å². The van der Waals surface area contributed by atoms with Crippen LogP contribution in [-0.2, 0) is 4.79 Å². The molecule has 0 fully saturated rings. The van der Waals surface area contributed by atoms with Gasteiger partial charge in [0.05, 0.1) is 0 Å². The Kier molecular flexibility index (Phi) is 18.4. The van der Waals surface area contributed by atoms with Crippen molar-refractivity contribution in [3.05, 3.63) is 0 Å². The number of hydrogen-bond acceptors (Lipinski definition) is 1. The van der Waals surface area contributed by atoms with Crippen LogP contribution in [-0.4, -0.2) is 25.4 Å². The normalized spacial score (nSPS) is 10.4. The second-order valence-corrected chi connectivity index (χ2v) is 13.1. The van der Waals surface area contributed by atoms with E-state index in [-0.39, 0.29) is 51.4 Å². The molecule has 0 atom stereocenters. The van der Waals surface area contributed by atoms with Crippen molar-refractivity contribution in [2.75, 3.05) is 14.1 Å². The Labute approximate surface area is 117 Å². The van der Waals surface area contributed by atoms with Gasteiger partial charge in [-0.2, -0.15) is 22.6 Å². The fourth-order valence-electron chi connectivity index (χ4n) is 0.0894. The van der Waals surface area contributed by atoms with Gasteiger partial charge in [-0.05, 0) is 0 Å². The van der Waals surface area contributed by atoms with Crippen LogP contribution in [0.3, 0.4) is 0 Å². The van der Waals surface area contributed by atoms with Crippen LogP contribution in [0.25, 0.3) is 0 Å². The monoisotopic (exact) mass is 267 g/mol. The van der Waals surface area contributed by atoms with E-state index in [1.165, 1.54) is 4.90 Å². The van der Waals surface area contributed by atoms with Gasteiger partial charge in [0.15, 0.2) is 0 Å². The molecule has 1 rings (SSSR count). The molecule has 1 amide bonds. The Hall–Kier alpha value is 2.61. The zero-order chi connectivity index (χ0) is 7.82. The molecule has 0 aliphatic rings. The van der Waals surface area contributed by atoms with E-state index in [1.54, 1.807) is 51.8 Å². The van der Waals surface area contributed by atoms with Gasteiger partial charge in [0.25, 0.3) is 0 Å². The van der Waals surface area contributed by atoms with Crippen molar-refractivity contribution in [3.63, 3.8) is 0 Å². The maximum Gasteiger partial charge on any atom is 1.00 e. The molecule has 0 aliphatic heterocycles. The molecule has 8 heteroatoms. The molecule has 2 nitrogen and oxygen atoms in total. The van der Waals surface area contributed by atoms with Crippen molar-refractivity contribution in [1.29, 1.82) is 0 Å². The summed E-state index contributed by atoms with van der Waals surface area (Å²) in [5, 5.41) is 0. The van der Waals surface area contributed by atoms with Crippen LogP contribution < -0.4 is 51.4 Å². The van der Waals surface area contributed by atoms with Gasteiger partial charge in [-0.1, -0.05) is 0 Å². The molecule has 0 N–H and O–H groups in total. The first-order valence-corrected chi connectivity index (χ1v) is 10.4. The van der Waals surface area contributed by atoms with Gasteiger partial charge < -0.3 is 4.90 Å². The van der Waals surface area contributed by atoms with Crippen molar-refractivity contribution >= 4 is 44.1 Å². The minimum absolute atomic E-state index is 0. The Balaban J connectivity index is 0.